The van der Waals surface area contributed by atoms with Gasteiger partial charge in [-0.3, -0.25) is 19.2 Å². The quantitative estimate of drug-likeness (QED) is 0.286. The molecule has 10 heteroatoms. The van der Waals surface area contributed by atoms with Crippen molar-refractivity contribution in [1.82, 2.24) is 5.32 Å². The van der Waals surface area contributed by atoms with E-state index in [0.717, 1.165) is 18.4 Å². The third-order valence-electron chi connectivity index (χ3n) is 11.2. The molecule has 0 radical (unpaired) electrons. The van der Waals surface area contributed by atoms with Gasteiger partial charge in [-0.15, -0.1) is 0 Å². The highest BCUT2D eigenvalue weighted by Crippen LogP contribution is 2.67. The number of aliphatic hydroxyl groups is 2. The fourth-order valence-electron chi connectivity index (χ4n) is 8.63. The van der Waals surface area contributed by atoms with Gasteiger partial charge in [0.1, 0.15) is 11.6 Å². The Bertz CT molecular complexity index is 1130. The number of carboxylic acids is 1. The number of amides is 1. The predicted octanol–water partition coefficient (Wildman–Crippen LogP) is 2.73. The Morgan fingerprint density at radius 2 is 1.83 bits per heavy atom. The first-order valence-corrected chi connectivity index (χ1v) is 15.0. The molecule has 3 saturated carbocycles. The number of rotatable bonds is 10. The van der Waals surface area contributed by atoms with Crippen LogP contribution < -0.4 is 5.32 Å². The minimum Gasteiger partial charge on any atom is -0.480 e. The van der Waals surface area contributed by atoms with Gasteiger partial charge < -0.3 is 25.4 Å². The highest BCUT2D eigenvalue weighted by atomic mass is 16.5. The third kappa shape index (κ3) is 5.49. The number of hydrogen-bond donors (Lipinski definition) is 4. The van der Waals surface area contributed by atoms with E-state index in [2.05, 4.69) is 12.2 Å². The highest BCUT2D eigenvalue weighted by molar-refractivity contribution is 5.92. The second kappa shape index (κ2) is 11.6. The van der Waals surface area contributed by atoms with E-state index in [9.17, 15) is 39.3 Å². The van der Waals surface area contributed by atoms with E-state index < -0.39 is 53.4 Å². The molecular formula is C31H45NO9. The minimum absolute atomic E-state index is 0.00736. The summed E-state index contributed by atoms with van der Waals surface area (Å²) in [5.74, 6) is -3.23. The molecule has 0 saturated heterocycles. The minimum atomic E-state index is -1.76. The van der Waals surface area contributed by atoms with Crippen molar-refractivity contribution in [2.45, 2.75) is 110 Å². The van der Waals surface area contributed by atoms with Crippen LogP contribution in [0, 0.1) is 34.5 Å². The molecule has 0 aromatic heterocycles. The first-order valence-electron chi connectivity index (χ1n) is 15.0. The number of allylic oxidation sites excluding steroid dienone is 1. The van der Waals surface area contributed by atoms with Crippen molar-refractivity contribution in [2.75, 3.05) is 6.61 Å². The molecule has 1 amide bonds. The lowest BCUT2D eigenvalue weighted by Crippen LogP contribution is -2.62. The number of nitrogens with one attached hydrogen (secondary N) is 1. The van der Waals surface area contributed by atoms with E-state index in [-0.39, 0.29) is 60.6 Å². The lowest BCUT2D eigenvalue weighted by atomic mass is 9.45. The van der Waals surface area contributed by atoms with Crippen LogP contribution in [-0.4, -0.2) is 69.1 Å². The maximum absolute atomic E-state index is 13.4. The van der Waals surface area contributed by atoms with Crippen molar-refractivity contribution in [3.63, 3.8) is 0 Å². The molecule has 0 unspecified atom stereocenters. The molecule has 0 aromatic rings. The lowest BCUT2D eigenvalue weighted by molar-refractivity contribution is -0.184. The van der Waals surface area contributed by atoms with E-state index in [0.29, 0.717) is 25.7 Å². The maximum atomic E-state index is 13.4. The summed E-state index contributed by atoms with van der Waals surface area (Å²) in [6, 6.07) is -1.06. The summed E-state index contributed by atoms with van der Waals surface area (Å²) >= 11 is 0. The van der Waals surface area contributed by atoms with Crippen molar-refractivity contribution >= 4 is 29.4 Å². The number of carboxylic acid groups (broad SMARTS) is 1. The molecule has 3 fully saturated rings. The number of ketones is 2. The standard InChI is InChI=1S/C31H45NO9/c1-5-17(2)27(28(38)39)32-24(36)8-9-25(37)41-16-23(35)31(40)13-11-21-20-7-6-18-14-19(33)10-12-29(18,3)26(20)22(34)15-30(21,31)4/h14,17,20-22,26-27,34,40H,5-13,15-16H2,1-4H3,(H,32,36)(H,38,39)/t17-,20+,21+,22+,26-,27-,29+,30+,31+/m1/s1. The summed E-state index contributed by atoms with van der Waals surface area (Å²) in [5.41, 5.74) is -1.81. The zero-order chi connectivity index (χ0) is 30.3. The van der Waals surface area contributed by atoms with Crippen molar-refractivity contribution in [3.8, 4) is 0 Å². The molecule has 0 aliphatic heterocycles. The Kier molecular flexibility index (Phi) is 8.86. The van der Waals surface area contributed by atoms with Crippen LogP contribution in [0.3, 0.4) is 0 Å². The van der Waals surface area contributed by atoms with Crippen molar-refractivity contribution in [1.29, 1.82) is 0 Å². The van der Waals surface area contributed by atoms with Crippen LogP contribution in [0.15, 0.2) is 11.6 Å². The number of carbonyl (C=O) groups is 5. The van der Waals surface area contributed by atoms with Crippen molar-refractivity contribution in [2.24, 2.45) is 34.5 Å². The Morgan fingerprint density at radius 3 is 2.49 bits per heavy atom. The molecular weight excluding hydrogens is 530 g/mol. The van der Waals surface area contributed by atoms with Gasteiger partial charge in [-0.1, -0.05) is 39.7 Å². The molecule has 9 atom stereocenters. The summed E-state index contributed by atoms with van der Waals surface area (Å²) in [6.45, 7) is 6.90. The zero-order valence-corrected chi connectivity index (χ0v) is 24.6. The van der Waals surface area contributed by atoms with Gasteiger partial charge >= 0.3 is 11.9 Å². The second-order valence-electron chi connectivity index (χ2n) is 13.3. The zero-order valence-electron chi connectivity index (χ0n) is 24.6. The highest BCUT2D eigenvalue weighted by Gasteiger charge is 2.68. The first-order chi connectivity index (χ1) is 19.2. The van der Waals surface area contributed by atoms with Crippen LogP contribution in [0.4, 0.5) is 0 Å². The maximum Gasteiger partial charge on any atom is 0.326 e. The largest absolute Gasteiger partial charge is 0.480 e. The van der Waals surface area contributed by atoms with Gasteiger partial charge in [0.2, 0.25) is 11.7 Å². The van der Waals surface area contributed by atoms with Gasteiger partial charge in [0.05, 0.1) is 12.5 Å². The average molecular weight is 576 g/mol. The first kappa shape index (κ1) is 31.3. The number of carbonyl (C=O) groups excluding carboxylic acids is 4. The smallest absolute Gasteiger partial charge is 0.326 e. The topological polar surface area (TPSA) is 167 Å². The van der Waals surface area contributed by atoms with E-state index in [4.69, 9.17) is 4.74 Å². The molecule has 41 heavy (non-hydrogen) atoms. The summed E-state index contributed by atoms with van der Waals surface area (Å²) in [5, 5.41) is 35.0. The number of aliphatic carboxylic acids is 1. The second-order valence-corrected chi connectivity index (χ2v) is 13.3. The van der Waals surface area contributed by atoms with Gasteiger partial charge in [0.25, 0.3) is 0 Å². The Balaban J connectivity index is 1.37. The van der Waals surface area contributed by atoms with Gasteiger partial charge in [0, 0.05) is 18.3 Å². The molecule has 228 valence electrons. The van der Waals surface area contributed by atoms with E-state index in [1.165, 1.54) is 0 Å². The Labute approximate surface area is 241 Å². The summed E-state index contributed by atoms with van der Waals surface area (Å²) in [4.78, 5) is 61.5. The molecule has 4 aliphatic rings. The number of ether oxygens (including phenoxy) is 1. The third-order valence-corrected chi connectivity index (χ3v) is 11.2. The summed E-state index contributed by atoms with van der Waals surface area (Å²) in [7, 11) is 0. The number of hydrogen-bond acceptors (Lipinski definition) is 8. The van der Waals surface area contributed by atoms with Crippen LogP contribution in [-0.2, 0) is 28.7 Å². The van der Waals surface area contributed by atoms with Crippen LogP contribution in [0.2, 0.25) is 0 Å². The Morgan fingerprint density at radius 1 is 1.12 bits per heavy atom. The molecule has 0 bridgehead atoms. The number of Topliss-reactive ketones (excluding diaryl/α,β-unsaturated/α-hetero) is 1. The lowest BCUT2D eigenvalue weighted by Gasteiger charge is -2.60. The van der Waals surface area contributed by atoms with Gasteiger partial charge in [-0.05, 0) is 73.7 Å². The number of esters is 1. The number of fused-ring (bicyclic) bond motifs is 5. The van der Waals surface area contributed by atoms with E-state index >= 15 is 0 Å². The van der Waals surface area contributed by atoms with Crippen molar-refractivity contribution in [3.05, 3.63) is 11.6 Å². The van der Waals surface area contributed by atoms with Crippen LogP contribution in [0.5, 0.6) is 0 Å². The molecule has 4 N–H and O–H groups in total. The van der Waals surface area contributed by atoms with Crippen LogP contribution in [0.25, 0.3) is 0 Å². The molecule has 0 aromatic carbocycles. The molecule has 0 heterocycles. The number of aliphatic hydroxyl groups excluding tert-OH is 1. The van der Waals surface area contributed by atoms with Gasteiger partial charge in [0.15, 0.2) is 12.4 Å². The fraction of sp³-hybridized carbons (Fsp3) is 0.774. The monoisotopic (exact) mass is 575 g/mol. The fourth-order valence-corrected chi connectivity index (χ4v) is 8.63. The molecule has 10 nitrogen and oxygen atoms in total. The van der Waals surface area contributed by atoms with Gasteiger partial charge in [-0.25, -0.2) is 4.79 Å². The Hall–Kier alpha value is -2.59. The predicted molar refractivity (Wildman–Crippen MR) is 147 cm³/mol. The average Bonchev–Trinajstić information content (AvgIpc) is 3.19. The molecule has 4 rings (SSSR count). The van der Waals surface area contributed by atoms with Gasteiger partial charge in [-0.2, -0.15) is 0 Å². The van der Waals surface area contributed by atoms with Crippen molar-refractivity contribution < 1.29 is 44.0 Å². The van der Waals surface area contributed by atoms with E-state index in [1.54, 1.807) is 13.0 Å². The molecule has 4 aliphatic carbocycles. The van der Waals surface area contributed by atoms with Crippen LogP contribution in [0.1, 0.15) is 91.9 Å². The van der Waals surface area contributed by atoms with Crippen LogP contribution >= 0.6 is 0 Å². The normalized spacial score (nSPS) is 37.5. The molecule has 0 spiro atoms. The summed E-state index contributed by atoms with van der Waals surface area (Å²) in [6.07, 6.45) is 4.77. The van der Waals surface area contributed by atoms with E-state index in [1.807, 2.05) is 13.8 Å². The SMILES string of the molecule is CC[C@@H](C)[C@@H](NC(=O)CCC(=O)OCC(=O)[C@@]1(O)CC[C@H]2[C@@H]3CCC4=CC(=O)CC[C@]4(C)[C@H]3[C@@H](O)C[C@@]21C)C(=O)O. The summed E-state index contributed by atoms with van der Waals surface area (Å²) < 4.78 is 5.16.